The third-order valence-electron chi connectivity index (χ3n) is 1.24. The Morgan fingerprint density at radius 2 is 2.18 bits per heavy atom. The molecule has 0 spiro atoms. The van der Waals surface area contributed by atoms with Gasteiger partial charge in [-0.25, -0.2) is 4.98 Å². The summed E-state index contributed by atoms with van der Waals surface area (Å²) in [5.74, 6) is 0. The van der Waals surface area contributed by atoms with E-state index in [2.05, 4.69) is 11.9 Å². The Balaban J connectivity index is 0.000000461. The Bertz CT molecular complexity index is 165. The second kappa shape index (κ2) is 6.31. The first-order valence-corrected chi connectivity index (χ1v) is 4.87. The summed E-state index contributed by atoms with van der Waals surface area (Å²) in [6.45, 7) is 6.69. The molecule has 0 bridgehead atoms. The Kier molecular flexibility index (Phi) is 6.07. The molecule has 0 fully saturated rings. The van der Waals surface area contributed by atoms with E-state index in [1.165, 1.54) is 4.88 Å². The van der Waals surface area contributed by atoms with Crippen LogP contribution in [0.5, 0.6) is 0 Å². The van der Waals surface area contributed by atoms with Crippen molar-refractivity contribution in [2.24, 2.45) is 5.73 Å². The quantitative estimate of drug-likeness (QED) is 0.742. The molecule has 0 aliphatic carbocycles. The van der Waals surface area contributed by atoms with Crippen molar-refractivity contribution in [3.8, 4) is 0 Å². The van der Waals surface area contributed by atoms with Crippen LogP contribution < -0.4 is 5.73 Å². The number of rotatable bonds is 2. The SMILES string of the molecule is CC.CCc1scnc1CN. The van der Waals surface area contributed by atoms with Crippen LogP contribution in [-0.2, 0) is 13.0 Å². The largest absolute Gasteiger partial charge is 0.325 e. The van der Waals surface area contributed by atoms with Crippen LogP contribution in [0.4, 0.5) is 0 Å². The van der Waals surface area contributed by atoms with E-state index in [1.807, 2.05) is 19.4 Å². The molecule has 0 atom stereocenters. The first-order chi connectivity index (χ1) is 5.38. The van der Waals surface area contributed by atoms with Gasteiger partial charge in [0.1, 0.15) is 0 Å². The average molecular weight is 172 g/mol. The predicted octanol–water partition coefficient (Wildman–Crippen LogP) is 2.19. The second-order valence-corrected chi connectivity index (χ2v) is 2.72. The van der Waals surface area contributed by atoms with E-state index in [-0.39, 0.29) is 0 Å². The number of aromatic nitrogens is 1. The number of nitrogens with zero attached hydrogens (tertiary/aromatic N) is 1. The van der Waals surface area contributed by atoms with Gasteiger partial charge in [-0.2, -0.15) is 0 Å². The molecule has 11 heavy (non-hydrogen) atoms. The van der Waals surface area contributed by atoms with Crippen LogP contribution in [0, 0.1) is 0 Å². The molecule has 2 N–H and O–H groups in total. The summed E-state index contributed by atoms with van der Waals surface area (Å²) < 4.78 is 0. The van der Waals surface area contributed by atoms with Crippen LogP contribution >= 0.6 is 11.3 Å². The van der Waals surface area contributed by atoms with E-state index < -0.39 is 0 Å². The van der Waals surface area contributed by atoms with Crippen LogP contribution in [0.2, 0.25) is 0 Å². The van der Waals surface area contributed by atoms with Crippen molar-refractivity contribution in [1.29, 1.82) is 0 Å². The van der Waals surface area contributed by atoms with Crippen molar-refractivity contribution in [1.82, 2.24) is 4.98 Å². The first-order valence-electron chi connectivity index (χ1n) is 3.99. The minimum atomic E-state index is 0.576. The molecule has 2 nitrogen and oxygen atoms in total. The lowest BCUT2D eigenvalue weighted by atomic mass is 10.3. The molecule has 1 aromatic rings. The maximum atomic E-state index is 5.41. The monoisotopic (exact) mass is 172 g/mol. The minimum Gasteiger partial charge on any atom is -0.325 e. The van der Waals surface area contributed by atoms with Crippen LogP contribution in [0.1, 0.15) is 31.3 Å². The number of nitrogens with two attached hydrogens (primary N) is 1. The third-order valence-corrected chi connectivity index (χ3v) is 2.26. The van der Waals surface area contributed by atoms with Crippen LogP contribution in [-0.4, -0.2) is 4.98 Å². The fourth-order valence-corrected chi connectivity index (χ4v) is 1.49. The highest BCUT2D eigenvalue weighted by atomic mass is 32.1. The summed E-state index contributed by atoms with van der Waals surface area (Å²) in [6, 6.07) is 0. The van der Waals surface area contributed by atoms with Crippen molar-refractivity contribution < 1.29 is 0 Å². The molecule has 0 amide bonds. The van der Waals surface area contributed by atoms with Gasteiger partial charge in [0.05, 0.1) is 11.2 Å². The summed E-state index contributed by atoms with van der Waals surface area (Å²) in [5, 5.41) is 0. The van der Waals surface area contributed by atoms with Crippen molar-refractivity contribution in [2.45, 2.75) is 33.7 Å². The van der Waals surface area contributed by atoms with E-state index in [0.29, 0.717) is 6.54 Å². The molecular formula is C8H16N2S. The van der Waals surface area contributed by atoms with E-state index in [9.17, 15) is 0 Å². The molecule has 0 saturated heterocycles. The number of hydrogen-bond donors (Lipinski definition) is 1. The van der Waals surface area contributed by atoms with Gasteiger partial charge in [-0.15, -0.1) is 11.3 Å². The predicted molar refractivity (Wildman–Crippen MR) is 50.7 cm³/mol. The van der Waals surface area contributed by atoms with Crippen molar-refractivity contribution in [3.63, 3.8) is 0 Å². The lowest BCUT2D eigenvalue weighted by molar-refractivity contribution is 0.971. The fraction of sp³-hybridized carbons (Fsp3) is 0.625. The van der Waals surface area contributed by atoms with E-state index >= 15 is 0 Å². The summed E-state index contributed by atoms with van der Waals surface area (Å²) >= 11 is 1.68. The molecule has 64 valence electrons. The molecule has 0 radical (unpaired) electrons. The zero-order chi connectivity index (χ0) is 8.69. The first kappa shape index (κ1) is 10.6. The number of aryl methyl sites for hydroxylation is 1. The highest BCUT2D eigenvalue weighted by Crippen LogP contribution is 2.12. The molecule has 1 heterocycles. The minimum absolute atomic E-state index is 0.576. The zero-order valence-corrected chi connectivity index (χ0v) is 8.24. The summed E-state index contributed by atoms with van der Waals surface area (Å²) in [4.78, 5) is 5.42. The van der Waals surface area contributed by atoms with E-state index in [4.69, 9.17) is 5.73 Å². The molecule has 0 unspecified atom stereocenters. The van der Waals surface area contributed by atoms with Crippen LogP contribution in [0.3, 0.4) is 0 Å². The van der Waals surface area contributed by atoms with Crippen molar-refractivity contribution >= 4 is 11.3 Å². The highest BCUT2D eigenvalue weighted by Gasteiger charge is 1.99. The Labute approximate surface area is 72.5 Å². The molecule has 0 aliphatic heterocycles. The summed E-state index contributed by atoms with van der Waals surface area (Å²) in [6.07, 6.45) is 1.05. The van der Waals surface area contributed by atoms with Gasteiger partial charge < -0.3 is 5.73 Å². The van der Waals surface area contributed by atoms with Crippen molar-refractivity contribution in [2.75, 3.05) is 0 Å². The van der Waals surface area contributed by atoms with Gasteiger partial charge in [-0.05, 0) is 6.42 Å². The average Bonchev–Trinajstić information content (AvgIpc) is 2.54. The van der Waals surface area contributed by atoms with Gasteiger partial charge >= 0.3 is 0 Å². The van der Waals surface area contributed by atoms with Gasteiger partial charge in [-0.3, -0.25) is 0 Å². The maximum Gasteiger partial charge on any atom is 0.0798 e. The molecule has 3 heteroatoms. The molecule has 1 rings (SSSR count). The third kappa shape index (κ3) is 2.99. The summed E-state index contributed by atoms with van der Waals surface area (Å²) in [7, 11) is 0. The van der Waals surface area contributed by atoms with Gasteiger partial charge in [0.25, 0.3) is 0 Å². The summed E-state index contributed by atoms with van der Waals surface area (Å²) in [5.41, 5.74) is 8.32. The number of hydrogen-bond acceptors (Lipinski definition) is 3. The molecule has 0 saturated carbocycles. The van der Waals surface area contributed by atoms with Gasteiger partial charge in [0.2, 0.25) is 0 Å². The highest BCUT2D eigenvalue weighted by molar-refractivity contribution is 7.09. The Hall–Kier alpha value is -0.410. The van der Waals surface area contributed by atoms with Gasteiger partial charge in [0.15, 0.2) is 0 Å². The van der Waals surface area contributed by atoms with Gasteiger partial charge in [0, 0.05) is 11.4 Å². The molecular weight excluding hydrogens is 156 g/mol. The molecule has 1 aromatic heterocycles. The van der Waals surface area contributed by atoms with Gasteiger partial charge in [-0.1, -0.05) is 20.8 Å². The smallest absolute Gasteiger partial charge is 0.0798 e. The van der Waals surface area contributed by atoms with E-state index in [1.54, 1.807) is 11.3 Å². The van der Waals surface area contributed by atoms with Crippen LogP contribution in [0.15, 0.2) is 5.51 Å². The molecule has 0 aromatic carbocycles. The molecule has 0 aliphatic rings. The zero-order valence-electron chi connectivity index (χ0n) is 7.42. The lowest BCUT2D eigenvalue weighted by Crippen LogP contribution is -1.98. The lowest BCUT2D eigenvalue weighted by Gasteiger charge is -1.91. The standard InChI is InChI=1S/C6H10N2S.C2H6/c1-2-6-5(3-7)8-4-9-6;1-2/h4H,2-3,7H2,1H3;1-2H3. The second-order valence-electron chi connectivity index (χ2n) is 1.78. The maximum absolute atomic E-state index is 5.41. The topological polar surface area (TPSA) is 38.9 Å². The Morgan fingerprint density at radius 1 is 1.55 bits per heavy atom. The Morgan fingerprint density at radius 3 is 2.55 bits per heavy atom. The number of thiazole rings is 1. The van der Waals surface area contributed by atoms with Crippen molar-refractivity contribution in [3.05, 3.63) is 16.1 Å². The van der Waals surface area contributed by atoms with Crippen LogP contribution in [0.25, 0.3) is 0 Å². The fourth-order valence-electron chi connectivity index (χ4n) is 0.748. The normalized spacial score (nSPS) is 8.73. The van der Waals surface area contributed by atoms with E-state index in [0.717, 1.165) is 12.1 Å².